The van der Waals surface area contributed by atoms with Crippen molar-refractivity contribution in [3.63, 3.8) is 0 Å². The molecule has 4 aromatic carbocycles. The summed E-state index contributed by atoms with van der Waals surface area (Å²) in [5, 5.41) is 8.22. The number of benzene rings is 4. The first-order chi connectivity index (χ1) is 12.8. The highest BCUT2D eigenvalue weighted by atomic mass is 16.3. The van der Waals surface area contributed by atoms with E-state index in [-0.39, 0.29) is 5.91 Å². The Morgan fingerprint density at radius 2 is 1.38 bits per heavy atom. The lowest BCUT2D eigenvalue weighted by Gasteiger charge is -2.07. The Bertz CT molecular complexity index is 1280. The Morgan fingerprint density at radius 3 is 2.23 bits per heavy atom. The van der Waals surface area contributed by atoms with E-state index >= 15 is 0 Å². The van der Waals surface area contributed by atoms with E-state index in [0.717, 1.165) is 32.6 Å². The SMILES string of the molecule is O=C(Nc1cccc2ccccc12)c1cc2c(ccc3ccccc32)o1. The molecular formula is C23H15NO2. The molecule has 0 aliphatic rings. The highest BCUT2D eigenvalue weighted by Crippen LogP contribution is 2.29. The third-order valence-electron chi connectivity index (χ3n) is 4.69. The molecular weight excluding hydrogens is 322 g/mol. The van der Waals surface area contributed by atoms with Crippen molar-refractivity contribution in [1.82, 2.24) is 0 Å². The summed E-state index contributed by atoms with van der Waals surface area (Å²) in [4.78, 5) is 12.8. The summed E-state index contributed by atoms with van der Waals surface area (Å²) in [5.41, 5.74) is 1.49. The van der Waals surface area contributed by atoms with Gasteiger partial charge in [-0.1, -0.05) is 66.7 Å². The van der Waals surface area contributed by atoms with E-state index in [0.29, 0.717) is 11.3 Å². The smallest absolute Gasteiger partial charge is 0.291 e. The van der Waals surface area contributed by atoms with E-state index in [2.05, 4.69) is 11.4 Å². The van der Waals surface area contributed by atoms with Gasteiger partial charge in [-0.25, -0.2) is 0 Å². The van der Waals surface area contributed by atoms with Crippen LogP contribution in [0.4, 0.5) is 5.69 Å². The van der Waals surface area contributed by atoms with Crippen LogP contribution in [0, 0.1) is 0 Å². The molecule has 1 N–H and O–H groups in total. The largest absolute Gasteiger partial charge is 0.451 e. The van der Waals surface area contributed by atoms with Gasteiger partial charge in [0.05, 0.1) is 0 Å². The number of hydrogen-bond donors (Lipinski definition) is 1. The van der Waals surface area contributed by atoms with Crippen molar-refractivity contribution in [1.29, 1.82) is 0 Å². The minimum atomic E-state index is -0.248. The van der Waals surface area contributed by atoms with Crippen LogP contribution >= 0.6 is 0 Å². The van der Waals surface area contributed by atoms with Gasteiger partial charge < -0.3 is 9.73 Å². The molecule has 5 aromatic rings. The molecule has 5 rings (SSSR count). The number of anilines is 1. The molecule has 0 atom stereocenters. The first kappa shape index (κ1) is 14.7. The highest BCUT2D eigenvalue weighted by molar-refractivity contribution is 6.12. The van der Waals surface area contributed by atoms with E-state index in [9.17, 15) is 4.79 Å². The molecule has 0 saturated carbocycles. The van der Waals surface area contributed by atoms with Crippen LogP contribution in [0.3, 0.4) is 0 Å². The minimum Gasteiger partial charge on any atom is -0.451 e. The molecule has 26 heavy (non-hydrogen) atoms. The van der Waals surface area contributed by atoms with Crippen molar-refractivity contribution in [3.8, 4) is 0 Å². The van der Waals surface area contributed by atoms with Crippen molar-refractivity contribution < 1.29 is 9.21 Å². The van der Waals surface area contributed by atoms with Crippen molar-refractivity contribution in [2.75, 3.05) is 5.32 Å². The number of furan rings is 1. The molecule has 0 saturated heterocycles. The second kappa shape index (κ2) is 5.74. The van der Waals surface area contributed by atoms with Crippen LogP contribution in [0.25, 0.3) is 32.5 Å². The maximum absolute atomic E-state index is 12.8. The Kier molecular flexibility index (Phi) is 3.25. The first-order valence-electron chi connectivity index (χ1n) is 8.50. The molecule has 0 unspecified atom stereocenters. The first-order valence-corrected chi connectivity index (χ1v) is 8.50. The molecule has 0 spiro atoms. The molecule has 1 heterocycles. The topological polar surface area (TPSA) is 42.2 Å². The zero-order valence-electron chi connectivity index (χ0n) is 13.9. The molecule has 0 aliphatic carbocycles. The van der Waals surface area contributed by atoms with Gasteiger partial charge in [-0.3, -0.25) is 4.79 Å². The van der Waals surface area contributed by atoms with Crippen LogP contribution in [-0.2, 0) is 0 Å². The van der Waals surface area contributed by atoms with Crippen molar-refractivity contribution in [3.05, 3.63) is 90.7 Å². The second-order valence-electron chi connectivity index (χ2n) is 6.29. The normalized spacial score (nSPS) is 11.2. The van der Waals surface area contributed by atoms with Crippen LogP contribution < -0.4 is 5.32 Å². The van der Waals surface area contributed by atoms with Gasteiger partial charge >= 0.3 is 0 Å². The lowest BCUT2D eigenvalue weighted by molar-refractivity contribution is 0.0999. The third-order valence-corrected chi connectivity index (χ3v) is 4.69. The summed E-state index contributed by atoms with van der Waals surface area (Å²) in [7, 11) is 0. The third kappa shape index (κ3) is 2.33. The van der Waals surface area contributed by atoms with E-state index in [1.165, 1.54) is 0 Å². The molecule has 0 fully saturated rings. The predicted octanol–water partition coefficient (Wildman–Crippen LogP) is 5.99. The van der Waals surface area contributed by atoms with Crippen LogP contribution in [0.1, 0.15) is 10.6 Å². The van der Waals surface area contributed by atoms with E-state index < -0.39 is 0 Å². The lowest BCUT2D eigenvalue weighted by Crippen LogP contribution is -2.11. The highest BCUT2D eigenvalue weighted by Gasteiger charge is 2.15. The summed E-state index contributed by atoms with van der Waals surface area (Å²) in [5.74, 6) is 0.0610. The van der Waals surface area contributed by atoms with Gasteiger partial charge in [0.1, 0.15) is 5.58 Å². The monoisotopic (exact) mass is 337 g/mol. The Morgan fingerprint density at radius 1 is 0.692 bits per heavy atom. The second-order valence-corrected chi connectivity index (χ2v) is 6.29. The van der Waals surface area contributed by atoms with E-state index in [1.54, 1.807) is 0 Å². The van der Waals surface area contributed by atoms with Crippen LogP contribution in [0.15, 0.2) is 89.3 Å². The molecule has 1 amide bonds. The fourth-order valence-corrected chi connectivity index (χ4v) is 3.42. The predicted molar refractivity (Wildman–Crippen MR) is 106 cm³/mol. The fourth-order valence-electron chi connectivity index (χ4n) is 3.42. The molecule has 0 aliphatic heterocycles. The van der Waals surface area contributed by atoms with Gasteiger partial charge in [0.15, 0.2) is 5.76 Å². The van der Waals surface area contributed by atoms with Crippen LogP contribution in [0.2, 0.25) is 0 Å². The maximum Gasteiger partial charge on any atom is 0.291 e. The molecule has 3 nitrogen and oxygen atoms in total. The average molecular weight is 337 g/mol. The zero-order chi connectivity index (χ0) is 17.5. The van der Waals surface area contributed by atoms with Crippen LogP contribution in [-0.4, -0.2) is 5.91 Å². The van der Waals surface area contributed by atoms with E-state index in [1.807, 2.05) is 78.9 Å². The standard InChI is InChI=1S/C23H15NO2/c25-23(24-20-11-5-8-15-6-2-4-10-18(15)20)22-14-19-17-9-3-1-7-16(17)12-13-21(19)26-22/h1-14H,(H,24,25). The van der Waals surface area contributed by atoms with Gasteiger partial charge in [0.2, 0.25) is 0 Å². The van der Waals surface area contributed by atoms with Crippen molar-refractivity contribution >= 4 is 44.1 Å². The van der Waals surface area contributed by atoms with Crippen molar-refractivity contribution in [2.45, 2.75) is 0 Å². The molecule has 1 aromatic heterocycles. The lowest BCUT2D eigenvalue weighted by atomic mass is 10.1. The maximum atomic E-state index is 12.8. The molecule has 3 heteroatoms. The Labute approximate surface area is 149 Å². The van der Waals surface area contributed by atoms with E-state index in [4.69, 9.17) is 4.42 Å². The summed E-state index contributed by atoms with van der Waals surface area (Å²) in [6, 6.07) is 27.7. The minimum absolute atomic E-state index is 0.248. The zero-order valence-corrected chi connectivity index (χ0v) is 13.9. The molecule has 0 bridgehead atoms. The Hall–Kier alpha value is -3.59. The summed E-state index contributed by atoms with van der Waals surface area (Å²) >= 11 is 0. The average Bonchev–Trinajstić information content (AvgIpc) is 3.13. The van der Waals surface area contributed by atoms with Gasteiger partial charge in [0.25, 0.3) is 5.91 Å². The van der Waals surface area contributed by atoms with Gasteiger partial charge in [-0.2, -0.15) is 0 Å². The number of hydrogen-bond acceptors (Lipinski definition) is 2. The fraction of sp³-hybridized carbons (Fsp3) is 0. The quantitative estimate of drug-likeness (QED) is 0.430. The number of rotatable bonds is 2. The van der Waals surface area contributed by atoms with Gasteiger partial charge in [-0.15, -0.1) is 0 Å². The Balaban J connectivity index is 1.57. The number of carbonyl (C=O) groups is 1. The summed E-state index contributed by atoms with van der Waals surface area (Å²) in [6.45, 7) is 0. The van der Waals surface area contributed by atoms with Gasteiger partial charge in [-0.05, 0) is 34.4 Å². The molecule has 0 radical (unpaired) electrons. The summed E-state index contributed by atoms with van der Waals surface area (Å²) in [6.07, 6.45) is 0. The number of amides is 1. The molecule has 124 valence electrons. The van der Waals surface area contributed by atoms with Crippen LogP contribution in [0.5, 0.6) is 0 Å². The number of fused-ring (bicyclic) bond motifs is 4. The van der Waals surface area contributed by atoms with Gasteiger partial charge in [0, 0.05) is 16.5 Å². The number of carbonyl (C=O) groups excluding carboxylic acids is 1. The van der Waals surface area contributed by atoms with Crippen molar-refractivity contribution in [2.24, 2.45) is 0 Å². The number of nitrogens with one attached hydrogen (secondary N) is 1. The summed E-state index contributed by atoms with van der Waals surface area (Å²) < 4.78 is 5.81.